The van der Waals surface area contributed by atoms with Crippen LogP contribution in [0.2, 0.25) is 0 Å². The van der Waals surface area contributed by atoms with E-state index in [1.54, 1.807) is 0 Å². The Balaban J connectivity index is 1.80. The van der Waals surface area contributed by atoms with Crippen molar-refractivity contribution < 1.29 is 0 Å². The molecule has 0 atom stereocenters. The molecule has 2 heterocycles. The van der Waals surface area contributed by atoms with Gasteiger partial charge in [0, 0.05) is 50.8 Å². The van der Waals surface area contributed by atoms with E-state index in [-0.39, 0.29) is 0 Å². The van der Waals surface area contributed by atoms with Crippen molar-refractivity contribution in [2.24, 2.45) is 0 Å². The third-order valence-corrected chi connectivity index (χ3v) is 5.24. The highest BCUT2D eigenvalue weighted by Crippen LogP contribution is 2.25. The number of rotatable bonds is 3. The van der Waals surface area contributed by atoms with Crippen molar-refractivity contribution in [3.63, 3.8) is 0 Å². The monoisotopic (exact) mass is 253 g/mol. The normalized spacial score (nSPS) is 26.7. The van der Waals surface area contributed by atoms with Gasteiger partial charge in [0.25, 0.3) is 0 Å². The molecule has 0 bridgehead atoms. The second-order valence-corrected chi connectivity index (χ2v) is 6.72. The SMILES string of the molecule is CCC(C)(C)N1CCC(N2CCN(C)CC2)CC1. The smallest absolute Gasteiger partial charge is 0.0150 e. The first-order valence-corrected chi connectivity index (χ1v) is 7.70. The fourth-order valence-corrected chi connectivity index (χ4v) is 3.25. The van der Waals surface area contributed by atoms with Crippen LogP contribution < -0.4 is 0 Å². The van der Waals surface area contributed by atoms with Crippen molar-refractivity contribution >= 4 is 0 Å². The Hall–Kier alpha value is -0.120. The summed E-state index contributed by atoms with van der Waals surface area (Å²) in [5, 5.41) is 0. The van der Waals surface area contributed by atoms with Crippen LogP contribution in [-0.4, -0.2) is 72.6 Å². The second kappa shape index (κ2) is 5.89. The van der Waals surface area contributed by atoms with E-state index < -0.39 is 0 Å². The molecule has 106 valence electrons. The number of likely N-dealkylation sites (N-methyl/N-ethyl adjacent to an activating group) is 1. The van der Waals surface area contributed by atoms with Crippen molar-refractivity contribution in [3.8, 4) is 0 Å². The molecule has 0 aromatic rings. The van der Waals surface area contributed by atoms with Crippen molar-refractivity contribution in [3.05, 3.63) is 0 Å². The Morgan fingerprint density at radius 2 is 1.50 bits per heavy atom. The molecular formula is C15H31N3. The van der Waals surface area contributed by atoms with Crippen LogP contribution in [0.4, 0.5) is 0 Å². The van der Waals surface area contributed by atoms with Crippen molar-refractivity contribution in [2.45, 2.75) is 51.6 Å². The predicted molar refractivity (Wildman–Crippen MR) is 78.0 cm³/mol. The largest absolute Gasteiger partial charge is 0.304 e. The minimum absolute atomic E-state index is 0.396. The average Bonchev–Trinajstić information content (AvgIpc) is 2.40. The maximum Gasteiger partial charge on any atom is 0.0150 e. The zero-order valence-corrected chi connectivity index (χ0v) is 12.8. The van der Waals surface area contributed by atoms with E-state index >= 15 is 0 Å². The fraction of sp³-hybridized carbons (Fsp3) is 1.00. The van der Waals surface area contributed by atoms with Crippen LogP contribution in [0.5, 0.6) is 0 Å². The molecule has 0 radical (unpaired) electrons. The molecule has 3 nitrogen and oxygen atoms in total. The van der Waals surface area contributed by atoms with E-state index in [9.17, 15) is 0 Å². The van der Waals surface area contributed by atoms with Gasteiger partial charge in [0.1, 0.15) is 0 Å². The van der Waals surface area contributed by atoms with Crippen LogP contribution in [0.1, 0.15) is 40.0 Å². The number of hydrogen-bond acceptors (Lipinski definition) is 3. The molecule has 0 saturated carbocycles. The highest BCUT2D eigenvalue weighted by molar-refractivity contribution is 4.88. The van der Waals surface area contributed by atoms with Crippen LogP contribution in [0.15, 0.2) is 0 Å². The van der Waals surface area contributed by atoms with Gasteiger partial charge >= 0.3 is 0 Å². The van der Waals surface area contributed by atoms with Crippen LogP contribution >= 0.6 is 0 Å². The molecule has 2 aliphatic rings. The van der Waals surface area contributed by atoms with Gasteiger partial charge in [-0.05, 0) is 40.2 Å². The van der Waals surface area contributed by atoms with Crippen LogP contribution in [-0.2, 0) is 0 Å². The lowest BCUT2D eigenvalue weighted by molar-refractivity contribution is 0.0296. The Morgan fingerprint density at radius 1 is 0.944 bits per heavy atom. The first kappa shape index (κ1) is 14.3. The summed E-state index contributed by atoms with van der Waals surface area (Å²) in [5.74, 6) is 0. The minimum atomic E-state index is 0.396. The summed E-state index contributed by atoms with van der Waals surface area (Å²) in [6.07, 6.45) is 3.99. The van der Waals surface area contributed by atoms with Gasteiger partial charge in [-0.2, -0.15) is 0 Å². The lowest BCUT2D eigenvalue weighted by atomic mass is 9.93. The molecule has 0 spiro atoms. The molecule has 2 rings (SSSR count). The second-order valence-electron chi connectivity index (χ2n) is 6.72. The van der Waals surface area contributed by atoms with Crippen LogP contribution in [0.25, 0.3) is 0 Å². The number of piperidine rings is 1. The van der Waals surface area contributed by atoms with E-state index in [0.29, 0.717) is 5.54 Å². The molecule has 0 unspecified atom stereocenters. The van der Waals surface area contributed by atoms with Crippen molar-refractivity contribution in [1.29, 1.82) is 0 Å². The number of piperazine rings is 1. The molecule has 0 aliphatic carbocycles. The molecule has 0 amide bonds. The van der Waals surface area contributed by atoms with Gasteiger partial charge in [-0.25, -0.2) is 0 Å². The molecule has 2 fully saturated rings. The van der Waals surface area contributed by atoms with Crippen LogP contribution in [0.3, 0.4) is 0 Å². The molecule has 0 aromatic heterocycles. The van der Waals surface area contributed by atoms with E-state index in [1.165, 1.54) is 58.5 Å². The maximum atomic E-state index is 2.73. The summed E-state index contributed by atoms with van der Waals surface area (Å²) in [7, 11) is 2.24. The first-order valence-electron chi connectivity index (χ1n) is 7.70. The van der Waals surface area contributed by atoms with Gasteiger partial charge in [-0.1, -0.05) is 6.92 Å². The zero-order valence-electron chi connectivity index (χ0n) is 12.8. The van der Waals surface area contributed by atoms with Crippen LogP contribution in [0, 0.1) is 0 Å². The van der Waals surface area contributed by atoms with E-state index in [1.807, 2.05) is 0 Å². The standard InChI is InChI=1S/C15H31N3/c1-5-15(2,3)18-8-6-14(7-9-18)17-12-10-16(4)11-13-17/h14H,5-13H2,1-4H3. The Morgan fingerprint density at radius 3 is 2.00 bits per heavy atom. The average molecular weight is 253 g/mol. The highest BCUT2D eigenvalue weighted by atomic mass is 15.3. The molecule has 3 heteroatoms. The third-order valence-electron chi connectivity index (χ3n) is 5.24. The highest BCUT2D eigenvalue weighted by Gasteiger charge is 2.31. The fourth-order valence-electron chi connectivity index (χ4n) is 3.25. The van der Waals surface area contributed by atoms with Gasteiger partial charge < -0.3 is 4.90 Å². The summed E-state index contributed by atoms with van der Waals surface area (Å²) >= 11 is 0. The zero-order chi connectivity index (χ0) is 13.2. The van der Waals surface area contributed by atoms with E-state index in [4.69, 9.17) is 0 Å². The predicted octanol–water partition coefficient (Wildman–Crippen LogP) is 1.89. The Labute approximate surface area is 113 Å². The van der Waals surface area contributed by atoms with Crippen molar-refractivity contribution in [2.75, 3.05) is 46.3 Å². The van der Waals surface area contributed by atoms with Gasteiger partial charge in [0.05, 0.1) is 0 Å². The molecule has 2 saturated heterocycles. The summed E-state index contributed by atoms with van der Waals surface area (Å²) in [6.45, 7) is 14.7. The summed E-state index contributed by atoms with van der Waals surface area (Å²) in [5.41, 5.74) is 0.396. The van der Waals surface area contributed by atoms with Gasteiger partial charge in [-0.3, -0.25) is 9.80 Å². The molecule has 2 aliphatic heterocycles. The topological polar surface area (TPSA) is 9.72 Å². The summed E-state index contributed by atoms with van der Waals surface area (Å²) < 4.78 is 0. The number of nitrogens with zero attached hydrogens (tertiary/aromatic N) is 3. The maximum absolute atomic E-state index is 2.73. The van der Waals surface area contributed by atoms with Gasteiger partial charge in [0.15, 0.2) is 0 Å². The molecule has 18 heavy (non-hydrogen) atoms. The lowest BCUT2D eigenvalue weighted by Crippen LogP contribution is -2.55. The molecule has 0 N–H and O–H groups in total. The minimum Gasteiger partial charge on any atom is -0.304 e. The summed E-state index contributed by atoms with van der Waals surface area (Å²) in [6, 6.07) is 0.850. The number of likely N-dealkylation sites (tertiary alicyclic amines) is 1. The number of hydrogen-bond donors (Lipinski definition) is 0. The molecule has 0 aromatic carbocycles. The van der Waals surface area contributed by atoms with Gasteiger partial charge in [-0.15, -0.1) is 0 Å². The van der Waals surface area contributed by atoms with Crippen molar-refractivity contribution in [1.82, 2.24) is 14.7 Å². The molecular weight excluding hydrogens is 222 g/mol. The Bertz CT molecular complexity index is 248. The Kier molecular flexibility index (Phi) is 4.68. The first-order chi connectivity index (χ1) is 8.53. The van der Waals surface area contributed by atoms with E-state index in [0.717, 1.165) is 6.04 Å². The quantitative estimate of drug-likeness (QED) is 0.760. The lowest BCUT2D eigenvalue weighted by Gasteiger charge is -2.46. The van der Waals surface area contributed by atoms with E-state index in [2.05, 4.69) is 42.5 Å². The summed E-state index contributed by atoms with van der Waals surface area (Å²) in [4.78, 5) is 7.88. The van der Waals surface area contributed by atoms with Gasteiger partial charge in [0.2, 0.25) is 0 Å². The third kappa shape index (κ3) is 3.25.